The van der Waals surface area contributed by atoms with Gasteiger partial charge < -0.3 is 20.6 Å². The molecule has 0 bridgehead atoms. The molecule has 0 atom stereocenters. The number of rotatable bonds is 7. The molecule has 0 saturated carbocycles. The molecule has 100 valence electrons. The number of phenolic OH excluding ortho intramolecular Hbond substituents is 2. The van der Waals surface area contributed by atoms with Crippen LogP contribution in [0.3, 0.4) is 0 Å². The molecule has 1 aromatic carbocycles. The zero-order chi connectivity index (χ0) is 13.4. The van der Waals surface area contributed by atoms with Gasteiger partial charge in [0.1, 0.15) is 11.5 Å². The Morgan fingerprint density at radius 3 is 2.78 bits per heavy atom. The van der Waals surface area contributed by atoms with E-state index in [1.807, 2.05) is 0 Å². The van der Waals surface area contributed by atoms with Crippen LogP contribution >= 0.6 is 11.8 Å². The Kier molecular flexibility index (Phi) is 6.38. The molecule has 1 amide bonds. The highest BCUT2D eigenvalue weighted by Gasteiger charge is 2.11. The molecule has 0 aliphatic carbocycles. The van der Waals surface area contributed by atoms with Gasteiger partial charge in [-0.15, -0.1) is 0 Å². The van der Waals surface area contributed by atoms with Gasteiger partial charge in [0.05, 0.1) is 5.56 Å². The minimum Gasteiger partial charge on any atom is -0.508 e. The molecule has 0 radical (unpaired) electrons. The minimum absolute atomic E-state index is 0.0599. The monoisotopic (exact) mass is 271 g/mol. The van der Waals surface area contributed by atoms with Crippen LogP contribution in [-0.4, -0.2) is 45.9 Å². The second kappa shape index (κ2) is 7.84. The Hall–Kier alpha value is -1.40. The lowest BCUT2D eigenvalue weighted by Crippen LogP contribution is -2.25. The fraction of sp³-hybridized carbons (Fsp3) is 0.417. The number of phenols is 2. The summed E-state index contributed by atoms with van der Waals surface area (Å²) >= 11 is 1.64. The SMILES string of the molecule is O=C(NCCSCCCO)c1cc(O)ccc1O. The zero-order valence-corrected chi connectivity index (χ0v) is 10.7. The Labute approximate surface area is 110 Å². The highest BCUT2D eigenvalue weighted by Crippen LogP contribution is 2.21. The smallest absolute Gasteiger partial charge is 0.255 e. The molecule has 0 fully saturated rings. The third kappa shape index (κ3) is 4.85. The van der Waals surface area contributed by atoms with Crippen LogP contribution in [0, 0.1) is 0 Å². The van der Waals surface area contributed by atoms with Gasteiger partial charge in [0, 0.05) is 18.9 Å². The first-order valence-electron chi connectivity index (χ1n) is 5.64. The summed E-state index contributed by atoms with van der Waals surface area (Å²) in [6.45, 7) is 0.653. The highest BCUT2D eigenvalue weighted by atomic mass is 32.2. The number of thioether (sulfide) groups is 1. The maximum atomic E-state index is 11.7. The van der Waals surface area contributed by atoms with Gasteiger partial charge in [0.15, 0.2) is 0 Å². The Bertz CT molecular complexity index is 398. The molecule has 0 aliphatic rings. The summed E-state index contributed by atoms with van der Waals surface area (Å²) in [4.78, 5) is 11.7. The predicted molar refractivity (Wildman–Crippen MR) is 71.1 cm³/mol. The quantitative estimate of drug-likeness (QED) is 0.438. The van der Waals surface area contributed by atoms with Crippen molar-refractivity contribution < 1.29 is 20.1 Å². The predicted octanol–water partition coefficient (Wildman–Crippen LogP) is 0.943. The van der Waals surface area contributed by atoms with Crippen molar-refractivity contribution in [2.75, 3.05) is 24.7 Å². The van der Waals surface area contributed by atoms with Gasteiger partial charge >= 0.3 is 0 Å². The van der Waals surface area contributed by atoms with Crippen LogP contribution in [0.1, 0.15) is 16.8 Å². The molecule has 0 aromatic heterocycles. The first-order valence-corrected chi connectivity index (χ1v) is 6.79. The normalized spacial score (nSPS) is 10.3. The number of hydrogen-bond donors (Lipinski definition) is 4. The summed E-state index contributed by atoms with van der Waals surface area (Å²) in [5, 5.41) is 29.9. The van der Waals surface area contributed by atoms with Gasteiger partial charge in [0.25, 0.3) is 5.91 Å². The van der Waals surface area contributed by atoms with Crippen LogP contribution in [-0.2, 0) is 0 Å². The lowest BCUT2D eigenvalue weighted by Gasteiger charge is -2.07. The Morgan fingerprint density at radius 1 is 1.28 bits per heavy atom. The van der Waals surface area contributed by atoms with E-state index in [1.165, 1.54) is 18.2 Å². The van der Waals surface area contributed by atoms with Crippen LogP contribution in [0.15, 0.2) is 18.2 Å². The van der Waals surface area contributed by atoms with Crippen molar-refractivity contribution >= 4 is 17.7 Å². The van der Waals surface area contributed by atoms with Crippen LogP contribution in [0.4, 0.5) is 0 Å². The summed E-state index contributed by atoms with van der Waals surface area (Å²) < 4.78 is 0. The molecule has 0 spiro atoms. The largest absolute Gasteiger partial charge is 0.508 e. The summed E-state index contributed by atoms with van der Waals surface area (Å²) in [6.07, 6.45) is 0.742. The summed E-state index contributed by atoms with van der Waals surface area (Å²) in [5.74, 6) is 0.967. The van der Waals surface area contributed by atoms with Crippen LogP contribution in [0.5, 0.6) is 11.5 Å². The molecule has 0 aliphatic heterocycles. The summed E-state index contributed by atoms with van der Waals surface area (Å²) in [5.41, 5.74) is 0.0651. The number of aromatic hydroxyl groups is 2. The fourth-order valence-electron chi connectivity index (χ4n) is 1.31. The van der Waals surface area contributed by atoms with E-state index < -0.39 is 5.91 Å². The minimum atomic E-state index is -0.411. The van der Waals surface area contributed by atoms with E-state index in [0.29, 0.717) is 6.54 Å². The molecule has 0 unspecified atom stereocenters. The van der Waals surface area contributed by atoms with Gasteiger partial charge in [-0.25, -0.2) is 0 Å². The molecular formula is C12H17NO4S. The second-order valence-corrected chi connectivity index (χ2v) is 4.87. The molecule has 6 heteroatoms. The van der Waals surface area contributed by atoms with Crippen molar-refractivity contribution in [1.29, 1.82) is 0 Å². The van der Waals surface area contributed by atoms with E-state index in [9.17, 15) is 15.0 Å². The standard InChI is InChI=1S/C12H17NO4S/c14-5-1-6-18-7-4-13-12(17)10-8-9(15)2-3-11(10)16/h2-3,8,14-16H,1,4-7H2,(H,13,17). The molecule has 5 nitrogen and oxygen atoms in total. The Morgan fingerprint density at radius 2 is 2.06 bits per heavy atom. The Balaban J connectivity index is 2.34. The van der Waals surface area contributed by atoms with Crippen molar-refractivity contribution in [2.45, 2.75) is 6.42 Å². The fourth-order valence-corrected chi connectivity index (χ4v) is 2.09. The summed E-state index contributed by atoms with van der Waals surface area (Å²) in [7, 11) is 0. The van der Waals surface area contributed by atoms with Crippen LogP contribution < -0.4 is 5.32 Å². The lowest BCUT2D eigenvalue weighted by atomic mass is 10.2. The zero-order valence-electron chi connectivity index (χ0n) is 9.93. The summed E-state index contributed by atoms with van der Waals surface area (Å²) in [6, 6.07) is 3.82. The molecule has 0 heterocycles. The molecule has 1 aromatic rings. The van der Waals surface area contributed by atoms with Crippen LogP contribution in [0.2, 0.25) is 0 Å². The van der Waals surface area contributed by atoms with Crippen LogP contribution in [0.25, 0.3) is 0 Å². The number of aliphatic hydroxyl groups is 1. The molecule has 18 heavy (non-hydrogen) atoms. The van der Waals surface area contributed by atoms with Crippen molar-refractivity contribution in [3.63, 3.8) is 0 Å². The first-order chi connectivity index (χ1) is 8.65. The average Bonchev–Trinajstić information content (AvgIpc) is 2.36. The van der Waals surface area contributed by atoms with E-state index in [2.05, 4.69) is 5.32 Å². The lowest BCUT2D eigenvalue weighted by molar-refractivity contribution is 0.0953. The number of carbonyl (C=O) groups is 1. The molecule has 1 rings (SSSR count). The number of hydrogen-bond acceptors (Lipinski definition) is 5. The third-order valence-electron chi connectivity index (χ3n) is 2.20. The third-order valence-corrected chi connectivity index (χ3v) is 3.27. The van der Waals surface area contributed by atoms with E-state index in [0.717, 1.165) is 17.9 Å². The van der Waals surface area contributed by atoms with E-state index in [4.69, 9.17) is 5.11 Å². The number of carbonyl (C=O) groups excluding carboxylic acids is 1. The number of aliphatic hydroxyl groups excluding tert-OH is 1. The molecular weight excluding hydrogens is 254 g/mol. The van der Waals surface area contributed by atoms with E-state index in [1.54, 1.807) is 11.8 Å². The van der Waals surface area contributed by atoms with Gasteiger partial charge in [-0.2, -0.15) is 11.8 Å². The first kappa shape index (κ1) is 14.7. The van der Waals surface area contributed by atoms with Crippen molar-refractivity contribution in [3.8, 4) is 11.5 Å². The maximum Gasteiger partial charge on any atom is 0.255 e. The van der Waals surface area contributed by atoms with E-state index >= 15 is 0 Å². The topological polar surface area (TPSA) is 89.8 Å². The number of benzene rings is 1. The van der Waals surface area contributed by atoms with Gasteiger partial charge in [0.2, 0.25) is 0 Å². The number of nitrogens with one attached hydrogen (secondary N) is 1. The van der Waals surface area contributed by atoms with Crippen molar-refractivity contribution in [2.24, 2.45) is 0 Å². The molecule has 4 N–H and O–H groups in total. The molecule has 0 saturated heterocycles. The van der Waals surface area contributed by atoms with Crippen molar-refractivity contribution in [3.05, 3.63) is 23.8 Å². The van der Waals surface area contributed by atoms with E-state index in [-0.39, 0.29) is 23.7 Å². The number of amides is 1. The van der Waals surface area contributed by atoms with Gasteiger partial charge in [-0.05, 0) is 30.4 Å². The van der Waals surface area contributed by atoms with Gasteiger partial charge in [-0.1, -0.05) is 0 Å². The average molecular weight is 271 g/mol. The maximum absolute atomic E-state index is 11.7. The highest BCUT2D eigenvalue weighted by molar-refractivity contribution is 7.99. The second-order valence-electron chi connectivity index (χ2n) is 3.65. The van der Waals surface area contributed by atoms with Gasteiger partial charge in [-0.3, -0.25) is 4.79 Å². The van der Waals surface area contributed by atoms with Crippen molar-refractivity contribution in [1.82, 2.24) is 5.32 Å².